The molecule has 1 fully saturated rings. The van der Waals surface area contributed by atoms with Crippen LogP contribution in [0.5, 0.6) is 11.5 Å². The Morgan fingerprint density at radius 3 is 3.00 bits per heavy atom. The first-order chi connectivity index (χ1) is 8.61. The van der Waals surface area contributed by atoms with E-state index in [1.807, 2.05) is 7.05 Å². The van der Waals surface area contributed by atoms with Crippen LogP contribution < -0.4 is 5.32 Å². The lowest BCUT2D eigenvalue weighted by Gasteiger charge is -2.17. The van der Waals surface area contributed by atoms with Crippen molar-refractivity contribution in [1.82, 2.24) is 10.2 Å². The summed E-state index contributed by atoms with van der Waals surface area (Å²) in [4.78, 5) is 13.9. The summed E-state index contributed by atoms with van der Waals surface area (Å²) in [6.07, 6.45) is 0.964. The summed E-state index contributed by atoms with van der Waals surface area (Å²) in [7, 11) is 1.89. The second-order valence-electron chi connectivity index (χ2n) is 4.66. The van der Waals surface area contributed by atoms with E-state index in [2.05, 4.69) is 5.32 Å². The molecule has 0 radical (unpaired) electrons. The number of likely N-dealkylation sites (tertiary alicyclic amines) is 1. The van der Waals surface area contributed by atoms with E-state index in [-0.39, 0.29) is 23.0 Å². The molecule has 1 atom stereocenters. The van der Waals surface area contributed by atoms with Crippen molar-refractivity contribution in [1.29, 1.82) is 0 Å². The molecule has 1 amide bonds. The number of carbonyl (C=O) groups excluding carboxylic acids is 1. The highest BCUT2D eigenvalue weighted by Crippen LogP contribution is 2.26. The zero-order valence-electron chi connectivity index (χ0n) is 10.4. The summed E-state index contributed by atoms with van der Waals surface area (Å²) in [6.45, 7) is 2.27. The number of benzene rings is 1. The molecule has 1 unspecified atom stereocenters. The van der Waals surface area contributed by atoms with Gasteiger partial charge >= 0.3 is 0 Å². The number of hydrogen-bond donors (Lipinski definition) is 3. The van der Waals surface area contributed by atoms with E-state index in [9.17, 15) is 15.0 Å². The lowest BCUT2D eigenvalue weighted by molar-refractivity contribution is 0.0783. The molecule has 5 heteroatoms. The maximum Gasteiger partial charge on any atom is 0.257 e. The second-order valence-corrected chi connectivity index (χ2v) is 4.66. The molecule has 0 bridgehead atoms. The summed E-state index contributed by atoms with van der Waals surface area (Å²) in [5.74, 6) is 0.136. The van der Waals surface area contributed by atoms with Gasteiger partial charge in [-0.05, 0) is 44.1 Å². The van der Waals surface area contributed by atoms with Crippen molar-refractivity contribution in [3.63, 3.8) is 0 Å². The van der Waals surface area contributed by atoms with Gasteiger partial charge in [-0.15, -0.1) is 0 Å². The third-order valence-corrected chi connectivity index (χ3v) is 3.28. The van der Waals surface area contributed by atoms with Crippen LogP contribution in [-0.2, 0) is 0 Å². The number of phenolic OH excluding ortho intramolecular Hbond substituents is 2. The minimum Gasteiger partial charge on any atom is -0.508 e. The van der Waals surface area contributed by atoms with Crippen molar-refractivity contribution in [2.75, 3.05) is 26.7 Å². The van der Waals surface area contributed by atoms with Crippen molar-refractivity contribution < 1.29 is 15.0 Å². The monoisotopic (exact) mass is 250 g/mol. The SMILES string of the molecule is CNCC1CCN(C(=O)c2cc(O)ccc2O)C1. The topological polar surface area (TPSA) is 72.8 Å². The van der Waals surface area contributed by atoms with E-state index in [4.69, 9.17) is 0 Å². The molecule has 3 N–H and O–H groups in total. The van der Waals surface area contributed by atoms with Crippen molar-refractivity contribution >= 4 is 5.91 Å². The summed E-state index contributed by atoms with van der Waals surface area (Å²) < 4.78 is 0. The standard InChI is InChI=1S/C13H18N2O3/c1-14-7-9-4-5-15(8-9)13(18)11-6-10(16)2-3-12(11)17/h2-3,6,9,14,16-17H,4-5,7-8H2,1H3. The Morgan fingerprint density at radius 2 is 2.28 bits per heavy atom. The van der Waals surface area contributed by atoms with Crippen LogP contribution in [0.1, 0.15) is 16.8 Å². The van der Waals surface area contributed by atoms with Crippen LogP contribution in [0.15, 0.2) is 18.2 Å². The van der Waals surface area contributed by atoms with Crippen molar-refractivity contribution in [2.45, 2.75) is 6.42 Å². The Labute approximate surface area is 106 Å². The minimum absolute atomic E-state index is 0.0119. The van der Waals surface area contributed by atoms with Crippen molar-refractivity contribution in [2.24, 2.45) is 5.92 Å². The predicted molar refractivity (Wildman–Crippen MR) is 67.7 cm³/mol. The molecule has 1 aliphatic rings. The molecule has 1 heterocycles. The van der Waals surface area contributed by atoms with Gasteiger partial charge in [-0.2, -0.15) is 0 Å². The minimum atomic E-state index is -0.220. The average molecular weight is 250 g/mol. The summed E-state index contributed by atoms with van der Waals surface area (Å²) in [6, 6.07) is 4.01. The lowest BCUT2D eigenvalue weighted by Crippen LogP contribution is -2.30. The van der Waals surface area contributed by atoms with Crippen LogP contribution in [0.2, 0.25) is 0 Å². The van der Waals surface area contributed by atoms with Gasteiger partial charge in [0.15, 0.2) is 0 Å². The van der Waals surface area contributed by atoms with E-state index < -0.39 is 0 Å². The van der Waals surface area contributed by atoms with Crippen LogP contribution in [0, 0.1) is 5.92 Å². The first kappa shape index (κ1) is 12.7. The number of rotatable bonds is 3. The van der Waals surface area contributed by atoms with Crippen LogP contribution in [0.25, 0.3) is 0 Å². The molecular weight excluding hydrogens is 232 g/mol. The van der Waals surface area contributed by atoms with Crippen LogP contribution in [-0.4, -0.2) is 47.7 Å². The summed E-state index contributed by atoms with van der Waals surface area (Å²) in [5.41, 5.74) is 0.167. The van der Waals surface area contributed by atoms with E-state index in [1.54, 1.807) is 4.90 Å². The number of carbonyl (C=O) groups is 1. The molecular formula is C13H18N2O3. The molecule has 0 spiro atoms. The smallest absolute Gasteiger partial charge is 0.257 e. The number of nitrogens with one attached hydrogen (secondary N) is 1. The van der Waals surface area contributed by atoms with Crippen LogP contribution in [0.4, 0.5) is 0 Å². The van der Waals surface area contributed by atoms with Gasteiger partial charge in [0, 0.05) is 13.1 Å². The van der Waals surface area contributed by atoms with E-state index in [0.29, 0.717) is 19.0 Å². The average Bonchev–Trinajstić information content (AvgIpc) is 2.80. The Morgan fingerprint density at radius 1 is 1.50 bits per heavy atom. The highest BCUT2D eigenvalue weighted by atomic mass is 16.3. The number of amides is 1. The van der Waals surface area contributed by atoms with Crippen molar-refractivity contribution in [3.8, 4) is 11.5 Å². The molecule has 18 heavy (non-hydrogen) atoms. The van der Waals surface area contributed by atoms with Gasteiger partial charge < -0.3 is 20.4 Å². The first-order valence-electron chi connectivity index (χ1n) is 6.07. The van der Waals surface area contributed by atoms with Gasteiger partial charge in [-0.25, -0.2) is 0 Å². The third kappa shape index (κ3) is 2.56. The first-order valence-corrected chi connectivity index (χ1v) is 6.07. The van der Waals surface area contributed by atoms with Crippen LogP contribution in [0.3, 0.4) is 0 Å². The van der Waals surface area contributed by atoms with Crippen molar-refractivity contribution in [3.05, 3.63) is 23.8 Å². The molecule has 1 aromatic carbocycles. The van der Waals surface area contributed by atoms with Gasteiger partial charge in [-0.3, -0.25) is 4.79 Å². The normalized spacial score (nSPS) is 19.2. The molecule has 0 saturated carbocycles. The maximum absolute atomic E-state index is 12.2. The van der Waals surface area contributed by atoms with Gasteiger partial charge in [0.1, 0.15) is 11.5 Å². The van der Waals surface area contributed by atoms with Crippen LogP contribution >= 0.6 is 0 Å². The number of aromatic hydroxyl groups is 2. The zero-order valence-corrected chi connectivity index (χ0v) is 10.4. The Hall–Kier alpha value is -1.75. The lowest BCUT2D eigenvalue weighted by atomic mass is 10.1. The second kappa shape index (κ2) is 5.27. The molecule has 1 saturated heterocycles. The molecule has 98 valence electrons. The maximum atomic E-state index is 12.2. The molecule has 0 aromatic heterocycles. The van der Waals surface area contributed by atoms with Gasteiger partial charge in [-0.1, -0.05) is 0 Å². The Kier molecular flexibility index (Phi) is 3.72. The molecule has 5 nitrogen and oxygen atoms in total. The fraction of sp³-hybridized carbons (Fsp3) is 0.462. The number of nitrogens with zero attached hydrogens (tertiary/aromatic N) is 1. The molecule has 1 aliphatic heterocycles. The fourth-order valence-electron chi connectivity index (χ4n) is 2.34. The van der Waals surface area contributed by atoms with E-state index in [1.165, 1.54) is 18.2 Å². The Balaban J connectivity index is 2.10. The highest BCUT2D eigenvalue weighted by Gasteiger charge is 2.27. The van der Waals surface area contributed by atoms with Gasteiger partial charge in [0.2, 0.25) is 0 Å². The highest BCUT2D eigenvalue weighted by molar-refractivity contribution is 5.97. The Bertz CT molecular complexity index is 448. The number of hydrogen-bond acceptors (Lipinski definition) is 4. The summed E-state index contributed by atoms with van der Waals surface area (Å²) in [5, 5.41) is 22.1. The zero-order chi connectivity index (χ0) is 13.1. The molecule has 1 aromatic rings. The number of phenols is 2. The quantitative estimate of drug-likeness (QED) is 0.693. The summed E-state index contributed by atoms with van der Waals surface area (Å²) >= 11 is 0. The predicted octanol–water partition coefficient (Wildman–Crippen LogP) is 0.779. The fourth-order valence-corrected chi connectivity index (χ4v) is 2.34. The van der Waals surface area contributed by atoms with Gasteiger partial charge in [0.05, 0.1) is 5.56 Å². The molecule has 0 aliphatic carbocycles. The van der Waals surface area contributed by atoms with E-state index >= 15 is 0 Å². The largest absolute Gasteiger partial charge is 0.508 e. The van der Waals surface area contributed by atoms with Gasteiger partial charge in [0.25, 0.3) is 5.91 Å². The van der Waals surface area contributed by atoms with E-state index in [0.717, 1.165) is 13.0 Å². The molecule has 2 rings (SSSR count). The third-order valence-electron chi connectivity index (χ3n) is 3.28.